The topological polar surface area (TPSA) is 55.1 Å². The number of hydrogen-bond acceptors (Lipinski definition) is 2. The highest BCUT2D eigenvalue weighted by molar-refractivity contribution is 6.31. The number of aromatic carboxylic acids is 1. The molecule has 1 aromatic heterocycles. The van der Waals surface area contributed by atoms with Crippen molar-refractivity contribution in [3.8, 4) is 0 Å². The minimum atomic E-state index is -0.947. The summed E-state index contributed by atoms with van der Waals surface area (Å²) in [5, 5.41) is 9.74. The first-order valence-corrected chi connectivity index (χ1v) is 6.44. The molecule has 0 aliphatic heterocycles. The second-order valence-corrected chi connectivity index (χ2v) is 4.88. The molecular formula is C15H11ClN2O2. The van der Waals surface area contributed by atoms with E-state index in [1.807, 2.05) is 28.8 Å². The Morgan fingerprint density at radius 2 is 2.05 bits per heavy atom. The van der Waals surface area contributed by atoms with Gasteiger partial charge in [0.2, 0.25) is 0 Å². The molecule has 0 radical (unpaired) electrons. The lowest BCUT2D eigenvalue weighted by Gasteiger charge is -2.06. The van der Waals surface area contributed by atoms with Gasteiger partial charge in [0.1, 0.15) is 0 Å². The normalized spacial score (nSPS) is 10.8. The fourth-order valence-corrected chi connectivity index (χ4v) is 2.32. The molecule has 1 heterocycles. The third-order valence-corrected chi connectivity index (χ3v) is 3.54. The van der Waals surface area contributed by atoms with Crippen LogP contribution in [-0.2, 0) is 6.54 Å². The maximum absolute atomic E-state index is 11.0. The lowest BCUT2D eigenvalue weighted by Crippen LogP contribution is -2.00. The number of aromatic nitrogens is 2. The summed E-state index contributed by atoms with van der Waals surface area (Å²) < 4.78 is 1.89. The van der Waals surface area contributed by atoms with Gasteiger partial charge >= 0.3 is 5.97 Å². The van der Waals surface area contributed by atoms with Crippen molar-refractivity contribution in [2.24, 2.45) is 0 Å². The van der Waals surface area contributed by atoms with Crippen molar-refractivity contribution >= 4 is 28.6 Å². The smallest absolute Gasteiger partial charge is 0.335 e. The first kappa shape index (κ1) is 12.7. The van der Waals surface area contributed by atoms with Gasteiger partial charge in [-0.25, -0.2) is 9.78 Å². The fraction of sp³-hybridized carbons (Fsp3) is 0.0667. The summed E-state index contributed by atoms with van der Waals surface area (Å²) in [6.45, 7) is 0.555. The molecule has 0 aliphatic carbocycles. The predicted octanol–water partition coefficient (Wildman–Crippen LogP) is 3.44. The van der Waals surface area contributed by atoms with Crippen molar-refractivity contribution in [3.05, 3.63) is 64.9 Å². The first-order valence-electron chi connectivity index (χ1n) is 6.07. The zero-order chi connectivity index (χ0) is 14.1. The molecule has 0 aliphatic rings. The van der Waals surface area contributed by atoms with Crippen LogP contribution in [0.4, 0.5) is 0 Å². The number of fused-ring (bicyclic) bond motifs is 1. The van der Waals surface area contributed by atoms with Crippen LogP contribution in [0.2, 0.25) is 5.02 Å². The maximum Gasteiger partial charge on any atom is 0.335 e. The first-order chi connectivity index (χ1) is 9.65. The van der Waals surface area contributed by atoms with Gasteiger partial charge < -0.3 is 9.67 Å². The minimum Gasteiger partial charge on any atom is -0.478 e. The molecule has 5 heteroatoms. The zero-order valence-corrected chi connectivity index (χ0v) is 11.2. The molecule has 0 fully saturated rings. The molecule has 3 aromatic rings. The zero-order valence-electron chi connectivity index (χ0n) is 10.5. The highest BCUT2D eigenvalue weighted by Crippen LogP contribution is 2.20. The number of carboxylic acid groups (broad SMARTS) is 1. The molecule has 0 atom stereocenters. The summed E-state index contributed by atoms with van der Waals surface area (Å²) in [6, 6.07) is 12.5. The van der Waals surface area contributed by atoms with Gasteiger partial charge in [-0.1, -0.05) is 29.8 Å². The van der Waals surface area contributed by atoms with E-state index in [1.54, 1.807) is 24.5 Å². The van der Waals surface area contributed by atoms with Gasteiger partial charge in [0.05, 0.1) is 29.5 Å². The summed E-state index contributed by atoms with van der Waals surface area (Å²) in [6.07, 6.45) is 1.69. The van der Waals surface area contributed by atoms with Crippen LogP contribution in [0, 0.1) is 0 Å². The third kappa shape index (κ3) is 2.26. The number of carboxylic acids is 1. The van der Waals surface area contributed by atoms with E-state index in [0.29, 0.717) is 11.6 Å². The van der Waals surface area contributed by atoms with Gasteiger partial charge in [-0.3, -0.25) is 0 Å². The molecule has 3 rings (SSSR count). The number of halogens is 1. The molecule has 20 heavy (non-hydrogen) atoms. The molecule has 0 saturated heterocycles. The molecule has 0 amide bonds. The van der Waals surface area contributed by atoms with Crippen molar-refractivity contribution in [3.63, 3.8) is 0 Å². The molecule has 100 valence electrons. The average Bonchev–Trinajstić information content (AvgIpc) is 2.84. The molecular weight excluding hydrogens is 276 g/mol. The molecule has 0 unspecified atom stereocenters. The molecule has 0 bridgehead atoms. The Hall–Kier alpha value is -2.33. The predicted molar refractivity (Wildman–Crippen MR) is 77.2 cm³/mol. The highest BCUT2D eigenvalue weighted by atomic mass is 35.5. The minimum absolute atomic E-state index is 0.249. The molecule has 2 aromatic carbocycles. The van der Waals surface area contributed by atoms with E-state index in [9.17, 15) is 4.79 Å². The number of carbonyl (C=O) groups is 1. The monoisotopic (exact) mass is 286 g/mol. The number of nitrogens with zero attached hydrogens (tertiary/aromatic N) is 2. The van der Waals surface area contributed by atoms with Gasteiger partial charge in [-0.2, -0.15) is 0 Å². The summed E-state index contributed by atoms with van der Waals surface area (Å²) in [5.41, 5.74) is 2.76. The van der Waals surface area contributed by atoms with Crippen LogP contribution in [0.5, 0.6) is 0 Å². The maximum atomic E-state index is 11.0. The quantitative estimate of drug-likeness (QED) is 0.802. The van der Waals surface area contributed by atoms with E-state index >= 15 is 0 Å². The van der Waals surface area contributed by atoms with Gasteiger partial charge in [0.15, 0.2) is 0 Å². The Morgan fingerprint density at radius 3 is 2.80 bits per heavy atom. The van der Waals surface area contributed by atoms with Crippen LogP contribution in [-0.4, -0.2) is 20.6 Å². The molecule has 0 spiro atoms. The Labute approximate surface area is 120 Å². The second-order valence-electron chi connectivity index (χ2n) is 4.47. The van der Waals surface area contributed by atoms with Gasteiger partial charge in [0, 0.05) is 5.02 Å². The molecule has 4 nitrogen and oxygen atoms in total. The Bertz CT molecular complexity index is 795. The highest BCUT2D eigenvalue weighted by Gasteiger charge is 2.09. The van der Waals surface area contributed by atoms with E-state index in [1.165, 1.54) is 0 Å². The largest absolute Gasteiger partial charge is 0.478 e. The van der Waals surface area contributed by atoms with Crippen molar-refractivity contribution in [1.82, 2.24) is 9.55 Å². The SMILES string of the molecule is O=C(O)c1ccc2ncn(Cc3ccccc3Cl)c2c1. The van der Waals surface area contributed by atoms with E-state index in [2.05, 4.69) is 4.98 Å². The van der Waals surface area contributed by atoms with E-state index in [-0.39, 0.29) is 5.56 Å². The summed E-state index contributed by atoms with van der Waals surface area (Å²) in [4.78, 5) is 15.3. The standard InChI is InChI=1S/C15H11ClN2O2/c16-12-4-2-1-3-11(12)8-18-9-17-13-6-5-10(15(19)20)7-14(13)18/h1-7,9H,8H2,(H,19,20). The second kappa shape index (κ2) is 4.98. The van der Waals surface area contributed by atoms with Gasteiger partial charge in [-0.05, 0) is 29.8 Å². The number of benzene rings is 2. The number of imidazole rings is 1. The Balaban J connectivity index is 2.06. The van der Waals surface area contributed by atoms with Crippen LogP contribution in [0.15, 0.2) is 48.8 Å². The molecule has 1 N–H and O–H groups in total. The summed E-state index contributed by atoms with van der Waals surface area (Å²) >= 11 is 6.15. The van der Waals surface area contributed by atoms with Crippen LogP contribution in [0.3, 0.4) is 0 Å². The van der Waals surface area contributed by atoms with Crippen LogP contribution in [0.1, 0.15) is 15.9 Å². The van der Waals surface area contributed by atoms with Crippen molar-refractivity contribution < 1.29 is 9.90 Å². The lowest BCUT2D eigenvalue weighted by atomic mass is 10.2. The van der Waals surface area contributed by atoms with Crippen LogP contribution in [0.25, 0.3) is 11.0 Å². The fourth-order valence-electron chi connectivity index (χ4n) is 2.13. The Morgan fingerprint density at radius 1 is 1.25 bits per heavy atom. The van der Waals surface area contributed by atoms with E-state index in [0.717, 1.165) is 16.6 Å². The van der Waals surface area contributed by atoms with Crippen LogP contribution < -0.4 is 0 Å². The number of rotatable bonds is 3. The average molecular weight is 287 g/mol. The van der Waals surface area contributed by atoms with Crippen molar-refractivity contribution in [2.75, 3.05) is 0 Å². The summed E-state index contributed by atoms with van der Waals surface area (Å²) in [7, 11) is 0. The van der Waals surface area contributed by atoms with Gasteiger partial charge in [0.25, 0.3) is 0 Å². The Kier molecular flexibility index (Phi) is 3.16. The van der Waals surface area contributed by atoms with Gasteiger partial charge in [-0.15, -0.1) is 0 Å². The number of hydrogen-bond donors (Lipinski definition) is 1. The molecule has 0 saturated carbocycles. The van der Waals surface area contributed by atoms with Crippen LogP contribution >= 0.6 is 11.6 Å². The summed E-state index contributed by atoms with van der Waals surface area (Å²) in [5.74, 6) is -0.947. The third-order valence-electron chi connectivity index (χ3n) is 3.17. The van der Waals surface area contributed by atoms with E-state index in [4.69, 9.17) is 16.7 Å². The van der Waals surface area contributed by atoms with E-state index < -0.39 is 5.97 Å². The lowest BCUT2D eigenvalue weighted by molar-refractivity contribution is 0.0697. The van der Waals surface area contributed by atoms with Crippen molar-refractivity contribution in [2.45, 2.75) is 6.54 Å². The van der Waals surface area contributed by atoms with Crippen molar-refractivity contribution in [1.29, 1.82) is 0 Å².